The largest absolute Gasteiger partial charge is 0.486 e. The molecule has 4 aromatic carbocycles. The molecular weight excluding hydrogens is 911 g/mol. The van der Waals surface area contributed by atoms with Crippen molar-refractivity contribution in [1.29, 1.82) is 0 Å². The third kappa shape index (κ3) is 10.1. The summed E-state index contributed by atoms with van der Waals surface area (Å²) in [6.07, 6.45) is 1.15. The Morgan fingerprint density at radius 2 is 1.21 bits per heavy atom. The minimum absolute atomic E-state index is 0.0294. The number of rotatable bonds is 15. The number of ketones is 1. The number of Topliss-reactive ketones (excluding diaryl/α,β-unsaturated/α-hetero) is 1. The Labute approximate surface area is 405 Å². The summed E-state index contributed by atoms with van der Waals surface area (Å²) in [7, 11) is 0. The van der Waals surface area contributed by atoms with Gasteiger partial charge in [-0.15, -0.1) is 0 Å². The molecule has 16 heteroatoms. The first kappa shape index (κ1) is 46.8. The zero-order valence-corrected chi connectivity index (χ0v) is 39.4. The number of halogens is 2. The number of nitrogens with one attached hydrogen (secondary N) is 2. The van der Waals surface area contributed by atoms with Crippen LogP contribution in [-0.4, -0.2) is 127 Å². The summed E-state index contributed by atoms with van der Waals surface area (Å²) in [5.41, 5.74) is 6.06. The predicted octanol–water partition coefficient (Wildman–Crippen LogP) is 4.92. The van der Waals surface area contributed by atoms with Crippen LogP contribution >= 0.6 is 23.2 Å². The summed E-state index contributed by atoms with van der Waals surface area (Å²) in [4.78, 5) is 45.7. The number of nitrogens with zero attached hydrogens (tertiary/aromatic N) is 2. The lowest BCUT2D eigenvalue weighted by molar-refractivity contribution is -0.141. The monoisotopic (exact) mass is 968 g/mol. The molecule has 0 aromatic heterocycles. The lowest BCUT2D eigenvalue weighted by atomic mass is 9.94. The quantitative estimate of drug-likeness (QED) is 0.102. The number of ether oxygens (including phenoxy) is 4. The second-order valence-corrected chi connectivity index (χ2v) is 20.1. The number of aliphatic hydroxyl groups is 3. The van der Waals surface area contributed by atoms with E-state index in [4.69, 9.17) is 42.1 Å². The van der Waals surface area contributed by atoms with Crippen molar-refractivity contribution in [2.75, 3.05) is 65.7 Å². The Bertz CT molecular complexity index is 2560. The van der Waals surface area contributed by atoms with E-state index in [9.17, 15) is 29.7 Å². The van der Waals surface area contributed by atoms with Crippen molar-refractivity contribution in [3.05, 3.63) is 116 Å². The number of benzene rings is 4. The van der Waals surface area contributed by atoms with Gasteiger partial charge < -0.3 is 54.7 Å². The molecule has 4 unspecified atom stereocenters. The molecule has 10 rings (SSSR count). The molecule has 0 bridgehead atoms. The van der Waals surface area contributed by atoms with E-state index < -0.39 is 53.9 Å². The van der Waals surface area contributed by atoms with E-state index in [-0.39, 0.29) is 18.4 Å². The average molecular weight is 970 g/mol. The molecule has 0 saturated carbocycles. The second-order valence-electron chi connectivity index (χ2n) is 19.3. The van der Waals surface area contributed by atoms with Crippen molar-refractivity contribution in [3.63, 3.8) is 0 Å². The molecular formula is C52H58Cl2N4O10. The van der Waals surface area contributed by atoms with Gasteiger partial charge in [0.05, 0.1) is 12.1 Å². The maximum atomic E-state index is 13.9. The van der Waals surface area contributed by atoms with Gasteiger partial charge in [-0.2, -0.15) is 0 Å². The van der Waals surface area contributed by atoms with E-state index in [1.54, 1.807) is 42.5 Å². The number of amides is 2. The fourth-order valence-corrected chi connectivity index (χ4v) is 11.6. The molecule has 8 atom stereocenters. The van der Waals surface area contributed by atoms with Crippen molar-refractivity contribution in [1.82, 2.24) is 20.4 Å². The summed E-state index contributed by atoms with van der Waals surface area (Å²) < 4.78 is 23.0. The maximum Gasteiger partial charge on any atom is 0.288 e. The fraction of sp³-hybridized carbons (Fsp3) is 0.481. The SMILES string of the molecule is O=C(N[C@H](CN1CCC(c2cc3c(cc2Cl)CC(C(O)C(=O)N[C@H](CN2CCCC2)[C@H](O)c2ccc4c(c2)OCCO4)C3)C1)[C@H](O)c1ccc2c(c1)OCCO2)C(=O)C1Cc2ccc(Cl)cc2C1. The number of carbonyl (C=O) groups excluding carboxylic acids is 3. The van der Waals surface area contributed by atoms with Crippen LogP contribution in [0.5, 0.6) is 23.0 Å². The molecule has 0 radical (unpaired) electrons. The van der Waals surface area contributed by atoms with Gasteiger partial charge in [0.1, 0.15) is 44.7 Å². The molecule has 68 heavy (non-hydrogen) atoms. The molecule has 2 saturated heterocycles. The molecule has 2 amide bonds. The number of likely N-dealkylation sites (tertiary alicyclic amines) is 2. The summed E-state index contributed by atoms with van der Waals surface area (Å²) in [6, 6.07) is 18.6. The van der Waals surface area contributed by atoms with Gasteiger partial charge in [0, 0.05) is 41.5 Å². The highest BCUT2D eigenvalue weighted by molar-refractivity contribution is 6.37. The first-order chi connectivity index (χ1) is 32.9. The Morgan fingerprint density at radius 1 is 0.632 bits per heavy atom. The van der Waals surface area contributed by atoms with Crippen LogP contribution in [-0.2, 0) is 40.1 Å². The number of hydrogen-bond acceptors (Lipinski definition) is 12. The van der Waals surface area contributed by atoms with E-state index in [1.807, 2.05) is 18.2 Å². The van der Waals surface area contributed by atoms with Crippen LogP contribution in [0.25, 0.3) is 0 Å². The zero-order chi connectivity index (χ0) is 47.1. The Kier molecular flexibility index (Phi) is 13.9. The van der Waals surface area contributed by atoms with E-state index >= 15 is 0 Å². The molecule has 4 aromatic rings. The van der Waals surface area contributed by atoms with E-state index in [1.165, 1.54) is 0 Å². The van der Waals surface area contributed by atoms with Crippen molar-refractivity contribution >= 4 is 40.8 Å². The van der Waals surface area contributed by atoms with Gasteiger partial charge in [-0.3, -0.25) is 14.4 Å². The first-order valence-corrected chi connectivity index (χ1v) is 24.7. The van der Waals surface area contributed by atoms with Crippen LogP contribution in [0.3, 0.4) is 0 Å². The molecule has 4 aliphatic heterocycles. The van der Waals surface area contributed by atoms with Gasteiger partial charge in [0.2, 0.25) is 11.7 Å². The zero-order valence-electron chi connectivity index (χ0n) is 37.8. The van der Waals surface area contributed by atoms with Crippen LogP contribution in [0.2, 0.25) is 10.0 Å². The third-order valence-corrected chi connectivity index (χ3v) is 15.3. The van der Waals surface area contributed by atoms with E-state index in [0.717, 1.165) is 60.2 Å². The molecule has 14 nitrogen and oxygen atoms in total. The lowest BCUT2D eigenvalue weighted by Gasteiger charge is -2.30. The average Bonchev–Trinajstić information content (AvgIpc) is 4.20. The van der Waals surface area contributed by atoms with Crippen LogP contribution in [0, 0.1) is 11.8 Å². The minimum atomic E-state index is -1.32. The second kappa shape index (κ2) is 20.2. The third-order valence-electron chi connectivity index (χ3n) is 14.7. The van der Waals surface area contributed by atoms with Gasteiger partial charge in [0.15, 0.2) is 23.0 Å². The van der Waals surface area contributed by atoms with Crippen molar-refractivity contribution in [2.45, 2.75) is 81.3 Å². The summed E-state index contributed by atoms with van der Waals surface area (Å²) >= 11 is 13.3. The van der Waals surface area contributed by atoms with Crippen LogP contribution < -0.4 is 29.6 Å². The summed E-state index contributed by atoms with van der Waals surface area (Å²) in [5.74, 6) is -0.428. The molecule has 360 valence electrons. The Morgan fingerprint density at radius 3 is 1.87 bits per heavy atom. The Hall–Kier alpha value is -4.93. The summed E-state index contributed by atoms with van der Waals surface area (Å²) in [6.45, 7) is 5.36. The van der Waals surface area contributed by atoms with Gasteiger partial charge in [-0.25, -0.2) is 0 Å². The van der Waals surface area contributed by atoms with Crippen LogP contribution in [0.15, 0.2) is 66.7 Å². The number of carbonyl (C=O) groups is 3. The van der Waals surface area contributed by atoms with Crippen LogP contribution in [0.1, 0.15) is 76.3 Å². The number of fused-ring (bicyclic) bond motifs is 4. The van der Waals surface area contributed by atoms with Gasteiger partial charge in [-0.1, -0.05) is 47.5 Å². The molecule has 0 spiro atoms. The highest BCUT2D eigenvalue weighted by atomic mass is 35.5. The van der Waals surface area contributed by atoms with Crippen molar-refractivity contribution in [2.24, 2.45) is 11.8 Å². The molecule has 2 aliphatic carbocycles. The highest BCUT2D eigenvalue weighted by Gasteiger charge is 2.39. The van der Waals surface area contributed by atoms with Crippen molar-refractivity contribution < 1.29 is 48.7 Å². The molecule has 5 N–H and O–H groups in total. The standard InChI is InChI=1S/C52H58Cl2N4O10/c53-38-6-3-29-17-36(18-33(29)21-38)49(61)51(63)56-42(48(60)31-5-8-44-46(25-31)68-16-14-66-44)28-58-12-9-32(26-58)39-22-34-19-37(20-35(34)23-40(39)54)50(62)52(64)55-41(27-57-10-1-2-11-57)47(59)30-4-7-43-45(24-30)67-15-13-65-43/h3-8,21-25,32,36-37,41-42,47-48,50,59-60,62H,1-2,9-20,26-28H2,(H,55,64)(H,56,63)/t32?,36?,37?,41-,42-,47-,48-,50?/m1/s1. The van der Waals surface area contributed by atoms with E-state index in [2.05, 4.69) is 26.5 Å². The minimum Gasteiger partial charge on any atom is -0.486 e. The van der Waals surface area contributed by atoms with Gasteiger partial charge >= 0.3 is 0 Å². The maximum absolute atomic E-state index is 13.9. The van der Waals surface area contributed by atoms with E-state index in [0.29, 0.717) is 116 Å². The normalized spacial score (nSPS) is 23.0. The number of hydrogen-bond donors (Lipinski definition) is 5. The van der Waals surface area contributed by atoms with Gasteiger partial charge in [0.25, 0.3) is 5.91 Å². The molecule has 4 heterocycles. The van der Waals surface area contributed by atoms with Gasteiger partial charge in [-0.05, 0) is 152 Å². The van der Waals surface area contributed by atoms with Crippen LogP contribution in [0.4, 0.5) is 0 Å². The summed E-state index contributed by atoms with van der Waals surface area (Å²) in [5, 5.41) is 42.3. The predicted molar refractivity (Wildman–Crippen MR) is 254 cm³/mol. The molecule has 2 fully saturated rings. The smallest absolute Gasteiger partial charge is 0.288 e. The lowest BCUT2D eigenvalue weighted by Crippen LogP contribution is -2.51. The molecule has 6 aliphatic rings. The Balaban J connectivity index is 0.800. The highest BCUT2D eigenvalue weighted by Crippen LogP contribution is 2.40. The number of aliphatic hydroxyl groups excluding tert-OH is 3. The first-order valence-electron chi connectivity index (χ1n) is 24.0. The fourth-order valence-electron chi connectivity index (χ4n) is 11.1. The van der Waals surface area contributed by atoms with Crippen molar-refractivity contribution in [3.8, 4) is 23.0 Å². The topological polar surface area (TPSA) is 179 Å².